The molecular formula is C15H16N2O. The van der Waals surface area contributed by atoms with Crippen molar-refractivity contribution in [2.24, 2.45) is 5.73 Å². The van der Waals surface area contributed by atoms with Gasteiger partial charge in [0, 0.05) is 29.6 Å². The highest BCUT2D eigenvalue weighted by atomic mass is 16.3. The summed E-state index contributed by atoms with van der Waals surface area (Å²) in [5, 5.41) is 1.19. The fraction of sp³-hybridized carbons (Fsp3) is 0.200. The van der Waals surface area contributed by atoms with E-state index in [9.17, 15) is 0 Å². The molecule has 0 amide bonds. The lowest BCUT2D eigenvalue weighted by molar-refractivity contribution is 0.489. The molecule has 3 heteroatoms. The van der Waals surface area contributed by atoms with Gasteiger partial charge >= 0.3 is 0 Å². The van der Waals surface area contributed by atoms with Crippen LogP contribution in [0.2, 0.25) is 0 Å². The van der Waals surface area contributed by atoms with Gasteiger partial charge in [-0.15, -0.1) is 0 Å². The molecule has 0 fully saturated rings. The first-order chi connectivity index (χ1) is 8.74. The molecule has 0 spiro atoms. The first-order valence-corrected chi connectivity index (χ1v) is 6.09. The highest BCUT2D eigenvalue weighted by molar-refractivity contribution is 5.84. The Morgan fingerprint density at radius 3 is 3.00 bits per heavy atom. The number of hydrogen-bond acceptors (Lipinski definition) is 2. The van der Waals surface area contributed by atoms with Crippen LogP contribution in [0.1, 0.15) is 22.9 Å². The summed E-state index contributed by atoms with van der Waals surface area (Å²) in [5.41, 5.74) is 9.78. The Balaban J connectivity index is 1.94. The number of nitrogens with two attached hydrogens (primary N) is 1. The van der Waals surface area contributed by atoms with Crippen LogP contribution in [0, 0.1) is 6.92 Å². The molecule has 3 nitrogen and oxygen atoms in total. The molecule has 2 aromatic heterocycles. The number of aromatic amines is 1. The van der Waals surface area contributed by atoms with Crippen molar-refractivity contribution in [3.8, 4) is 0 Å². The molecule has 1 atom stereocenters. The number of furan rings is 1. The first kappa shape index (κ1) is 11.1. The van der Waals surface area contributed by atoms with Crippen molar-refractivity contribution in [3.05, 3.63) is 59.7 Å². The fourth-order valence-corrected chi connectivity index (χ4v) is 2.32. The van der Waals surface area contributed by atoms with E-state index in [2.05, 4.69) is 30.1 Å². The number of fused-ring (bicyclic) bond motifs is 1. The van der Waals surface area contributed by atoms with E-state index in [1.807, 2.05) is 18.3 Å². The van der Waals surface area contributed by atoms with Crippen LogP contribution in [0.4, 0.5) is 0 Å². The molecule has 0 radical (unpaired) electrons. The largest absolute Gasteiger partial charge is 0.469 e. The third kappa shape index (κ3) is 1.93. The number of aryl methyl sites for hydroxylation is 1. The highest BCUT2D eigenvalue weighted by Crippen LogP contribution is 2.25. The summed E-state index contributed by atoms with van der Waals surface area (Å²) in [6.45, 7) is 2.09. The summed E-state index contributed by atoms with van der Waals surface area (Å²) in [5.74, 6) is 0.920. The SMILES string of the molecule is Cc1ccc2c(C(N)Cc3ccco3)c[nH]c2c1. The number of benzene rings is 1. The monoisotopic (exact) mass is 240 g/mol. The molecule has 1 aromatic carbocycles. The van der Waals surface area contributed by atoms with E-state index < -0.39 is 0 Å². The average molecular weight is 240 g/mol. The Labute approximate surface area is 106 Å². The number of nitrogens with one attached hydrogen (secondary N) is 1. The number of rotatable bonds is 3. The molecule has 3 rings (SSSR count). The lowest BCUT2D eigenvalue weighted by Gasteiger charge is -2.08. The third-order valence-corrected chi connectivity index (χ3v) is 3.27. The normalized spacial score (nSPS) is 13.0. The number of H-pyrrole nitrogens is 1. The second-order valence-corrected chi connectivity index (χ2v) is 4.68. The summed E-state index contributed by atoms with van der Waals surface area (Å²) in [6, 6.07) is 10.2. The van der Waals surface area contributed by atoms with Gasteiger partial charge in [-0.1, -0.05) is 12.1 Å². The smallest absolute Gasteiger partial charge is 0.105 e. The molecule has 2 heterocycles. The lowest BCUT2D eigenvalue weighted by Crippen LogP contribution is -2.12. The minimum absolute atomic E-state index is 0.0485. The molecule has 0 bridgehead atoms. The molecule has 0 aliphatic rings. The summed E-state index contributed by atoms with van der Waals surface area (Å²) in [4.78, 5) is 3.28. The zero-order chi connectivity index (χ0) is 12.5. The van der Waals surface area contributed by atoms with Crippen LogP contribution in [0.25, 0.3) is 10.9 Å². The summed E-state index contributed by atoms with van der Waals surface area (Å²) in [6.07, 6.45) is 4.40. The van der Waals surface area contributed by atoms with Crippen LogP contribution in [0.3, 0.4) is 0 Å². The zero-order valence-electron chi connectivity index (χ0n) is 10.3. The second-order valence-electron chi connectivity index (χ2n) is 4.68. The van der Waals surface area contributed by atoms with E-state index in [1.165, 1.54) is 10.9 Å². The van der Waals surface area contributed by atoms with Crippen molar-refractivity contribution < 1.29 is 4.42 Å². The molecule has 92 valence electrons. The van der Waals surface area contributed by atoms with E-state index in [1.54, 1.807) is 6.26 Å². The van der Waals surface area contributed by atoms with Gasteiger partial charge in [0.1, 0.15) is 5.76 Å². The Hall–Kier alpha value is -2.00. The van der Waals surface area contributed by atoms with Crippen LogP contribution in [0.15, 0.2) is 47.2 Å². The van der Waals surface area contributed by atoms with E-state index in [0.29, 0.717) is 6.42 Å². The lowest BCUT2D eigenvalue weighted by atomic mass is 10.0. The van der Waals surface area contributed by atoms with Gasteiger partial charge in [-0.3, -0.25) is 0 Å². The van der Waals surface area contributed by atoms with Crippen molar-refractivity contribution in [2.45, 2.75) is 19.4 Å². The van der Waals surface area contributed by atoms with E-state index >= 15 is 0 Å². The minimum atomic E-state index is -0.0485. The predicted octanol–water partition coefficient (Wildman–Crippen LogP) is 3.31. The van der Waals surface area contributed by atoms with Crippen LogP contribution in [-0.2, 0) is 6.42 Å². The van der Waals surface area contributed by atoms with Gasteiger partial charge in [0.15, 0.2) is 0 Å². The molecular weight excluding hydrogens is 224 g/mol. The second kappa shape index (κ2) is 4.35. The van der Waals surface area contributed by atoms with Gasteiger partial charge in [-0.25, -0.2) is 0 Å². The van der Waals surface area contributed by atoms with E-state index in [-0.39, 0.29) is 6.04 Å². The summed E-state index contributed by atoms with van der Waals surface area (Å²) >= 11 is 0. The molecule has 0 saturated carbocycles. The van der Waals surface area contributed by atoms with E-state index in [4.69, 9.17) is 10.2 Å². The van der Waals surface area contributed by atoms with Crippen LogP contribution in [-0.4, -0.2) is 4.98 Å². The van der Waals surface area contributed by atoms with Gasteiger partial charge < -0.3 is 15.1 Å². The summed E-state index contributed by atoms with van der Waals surface area (Å²) < 4.78 is 5.34. The van der Waals surface area contributed by atoms with Gasteiger partial charge in [0.05, 0.1) is 6.26 Å². The third-order valence-electron chi connectivity index (χ3n) is 3.27. The van der Waals surface area contributed by atoms with Crippen molar-refractivity contribution in [2.75, 3.05) is 0 Å². The maximum Gasteiger partial charge on any atom is 0.105 e. The van der Waals surface area contributed by atoms with Crippen molar-refractivity contribution in [3.63, 3.8) is 0 Å². The standard InChI is InChI=1S/C15H16N2O/c1-10-4-5-12-13(9-17-15(12)7-10)14(16)8-11-3-2-6-18-11/h2-7,9,14,17H,8,16H2,1H3. The minimum Gasteiger partial charge on any atom is -0.469 e. The quantitative estimate of drug-likeness (QED) is 0.738. The Kier molecular flexibility index (Phi) is 2.68. The van der Waals surface area contributed by atoms with E-state index in [0.717, 1.165) is 16.8 Å². The van der Waals surface area contributed by atoms with Gasteiger partial charge in [-0.05, 0) is 36.2 Å². The molecule has 18 heavy (non-hydrogen) atoms. The summed E-state index contributed by atoms with van der Waals surface area (Å²) in [7, 11) is 0. The van der Waals surface area contributed by atoms with Crippen LogP contribution < -0.4 is 5.73 Å². The molecule has 3 aromatic rings. The Morgan fingerprint density at radius 2 is 2.22 bits per heavy atom. The molecule has 3 N–H and O–H groups in total. The molecule has 0 saturated heterocycles. The van der Waals surface area contributed by atoms with Crippen molar-refractivity contribution in [1.29, 1.82) is 0 Å². The molecule has 1 unspecified atom stereocenters. The van der Waals surface area contributed by atoms with Crippen molar-refractivity contribution >= 4 is 10.9 Å². The van der Waals surface area contributed by atoms with Gasteiger partial charge in [0.2, 0.25) is 0 Å². The topological polar surface area (TPSA) is 54.9 Å². The maximum absolute atomic E-state index is 6.25. The Morgan fingerprint density at radius 1 is 1.33 bits per heavy atom. The van der Waals surface area contributed by atoms with Crippen LogP contribution >= 0.6 is 0 Å². The van der Waals surface area contributed by atoms with Crippen molar-refractivity contribution in [1.82, 2.24) is 4.98 Å². The molecule has 0 aliphatic heterocycles. The fourth-order valence-electron chi connectivity index (χ4n) is 2.32. The molecule has 0 aliphatic carbocycles. The zero-order valence-corrected chi connectivity index (χ0v) is 10.3. The predicted molar refractivity (Wildman–Crippen MR) is 72.4 cm³/mol. The number of hydrogen-bond donors (Lipinski definition) is 2. The number of aromatic nitrogens is 1. The highest BCUT2D eigenvalue weighted by Gasteiger charge is 2.13. The maximum atomic E-state index is 6.25. The first-order valence-electron chi connectivity index (χ1n) is 6.09. The van der Waals surface area contributed by atoms with Crippen LogP contribution in [0.5, 0.6) is 0 Å². The average Bonchev–Trinajstić information content (AvgIpc) is 2.97. The van der Waals surface area contributed by atoms with Gasteiger partial charge in [-0.2, -0.15) is 0 Å². The van der Waals surface area contributed by atoms with Gasteiger partial charge in [0.25, 0.3) is 0 Å². The Bertz CT molecular complexity index is 652.